The van der Waals surface area contributed by atoms with Crippen molar-refractivity contribution in [2.24, 2.45) is 0 Å². The molecule has 0 aliphatic carbocycles. The van der Waals surface area contributed by atoms with Crippen LogP contribution in [0.2, 0.25) is 5.02 Å². The maximum atomic E-state index is 13.5. The van der Waals surface area contributed by atoms with Crippen LogP contribution in [0.1, 0.15) is 38.2 Å². The highest BCUT2D eigenvalue weighted by molar-refractivity contribution is 7.89. The third kappa shape index (κ3) is 4.37. The van der Waals surface area contributed by atoms with Crippen LogP contribution in [-0.4, -0.2) is 46.2 Å². The van der Waals surface area contributed by atoms with E-state index in [1.54, 1.807) is 28.9 Å². The van der Waals surface area contributed by atoms with Crippen LogP contribution in [0.15, 0.2) is 41.3 Å². The van der Waals surface area contributed by atoms with Crippen molar-refractivity contribution in [1.82, 2.24) is 19.3 Å². The summed E-state index contributed by atoms with van der Waals surface area (Å²) in [7, 11) is -3.89. The first kappa shape index (κ1) is 22.7. The third-order valence-corrected chi connectivity index (χ3v) is 7.88. The van der Waals surface area contributed by atoms with E-state index in [2.05, 4.69) is 15.6 Å². The Hall–Kier alpha value is -2.49. The van der Waals surface area contributed by atoms with Gasteiger partial charge in [0.05, 0.1) is 10.4 Å². The van der Waals surface area contributed by atoms with Gasteiger partial charge in [-0.15, -0.1) is 5.10 Å². The largest absolute Gasteiger partial charge is 0.324 e. The lowest BCUT2D eigenvalue weighted by atomic mass is 10.0. The van der Waals surface area contributed by atoms with E-state index in [0.29, 0.717) is 35.6 Å². The monoisotopic (exact) mass is 475 g/mol. The number of hydrogen-bond donors (Lipinski definition) is 1. The highest BCUT2D eigenvalue weighted by atomic mass is 35.5. The van der Waals surface area contributed by atoms with Gasteiger partial charge in [0.25, 0.3) is 0 Å². The van der Waals surface area contributed by atoms with E-state index < -0.39 is 16.1 Å². The van der Waals surface area contributed by atoms with Gasteiger partial charge in [0.15, 0.2) is 0 Å². The second-order valence-corrected chi connectivity index (χ2v) is 10.4. The van der Waals surface area contributed by atoms with Crippen LogP contribution in [0.25, 0.3) is 11.0 Å². The molecule has 10 heteroatoms. The number of carbonyl (C=O) groups excluding carboxylic acids is 1. The Balaban J connectivity index is 1.63. The van der Waals surface area contributed by atoms with Crippen LogP contribution >= 0.6 is 11.6 Å². The fraction of sp³-hybridized carbons (Fsp3) is 0.409. The maximum absolute atomic E-state index is 13.5. The Morgan fingerprint density at radius 3 is 2.81 bits per heavy atom. The van der Waals surface area contributed by atoms with Gasteiger partial charge in [-0.3, -0.25) is 4.79 Å². The van der Waals surface area contributed by atoms with Gasteiger partial charge in [-0.05, 0) is 62.1 Å². The highest BCUT2D eigenvalue weighted by Gasteiger charge is 2.38. The van der Waals surface area contributed by atoms with Gasteiger partial charge in [0.1, 0.15) is 11.6 Å². The van der Waals surface area contributed by atoms with Crippen molar-refractivity contribution in [2.45, 2.75) is 57.0 Å². The Labute approximate surface area is 192 Å². The summed E-state index contributed by atoms with van der Waals surface area (Å²) >= 11 is 6.07. The molecular formula is C22H26ClN5O3S. The molecule has 0 saturated carbocycles. The van der Waals surface area contributed by atoms with E-state index in [1.807, 2.05) is 19.9 Å². The van der Waals surface area contributed by atoms with Crippen LogP contribution in [-0.2, 0) is 21.4 Å². The summed E-state index contributed by atoms with van der Waals surface area (Å²) in [6, 6.07) is 9.27. The molecule has 8 nitrogen and oxygen atoms in total. The van der Waals surface area contributed by atoms with Crippen molar-refractivity contribution in [3.63, 3.8) is 0 Å². The molecule has 2 heterocycles. The van der Waals surface area contributed by atoms with Crippen LogP contribution in [0.5, 0.6) is 0 Å². The number of piperidine rings is 1. The molecule has 0 unspecified atom stereocenters. The van der Waals surface area contributed by atoms with Gasteiger partial charge in [-0.2, -0.15) is 4.31 Å². The lowest BCUT2D eigenvalue weighted by molar-refractivity contribution is -0.120. The molecule has 0 spiro atoms. The molecule has 1 saturated heterocycles. The molecule has 170 valence electrons. The number of anilines is 1. The fourth-order valence-corrected chi connectivity index (χ4v) is 5.87. The summed E-state index contributed by atoms with van der Waals surface area (Å²) in [6.07, 6.45) is 2.84. The number of nitrogens with one attached hydrogen (secondary N) is 1. The molecule has 1 N–H and O–H groups in total. The van der Waals surface area contributed by atoms with Gasteiger partial charge >= 0.3 is 0 Å². The number of rotatable bonds is 6. The number of aromatic nitrogens is 3. The molecule has 1 aromatic heterocycles. The predicted octanol–water partition coefficient (Wildman–Crippen LogP) is 3.99. The third-order valence-electron chi connectivity index (χ3n) is 5.74. The summed E-state index contributed by atoms with van der Waals surface area (Å²) in [4.78, 5) is 13.2. The average Bonchev–Trinajstić information content (AvgIpc) is 3.18. The van der Waals surface area contributed by atoms with E-state index in [4.69, 9.17) is 11.6 Å². The number of sulfonamides is 1. The van der Waals surface area contributed by atoms with Gasteiger partial charge in [-0.25, -0.2) is 13.1 Å². The number of nitrogens with zero attached hydrogens (tertiary/aromatic N) is 4. The lowest BCUT2D eigenvalue weighted by Gasteiger charge is -2.33. The zero-order chi connectivity index (χ0) is 22.9. The minimum atomic E-state index is -3.89. The van der Waals surface area contributed by atoms with Crippen molar-refractivity contribution in [2.75, 3.05) is 11.9 Å². The highest BCUT2D eigenvalue weighted by Crippen LogP contribution is 2.29. The summed E-state index contributed by atoms with van der Waals surface area (Å²) in [5, 5.41) is 11.6. The smallest absolute Gasteiger partial charge is 0.243 e. The Morgan fingerprint density at radius 1 is 1.22 bits per heavy atom. The molecular weight excluding hydrogens is 450 g/mol. The van der Waals surface area contributed by atoms with Crippen LogP contribution in [0, 0.1) is 6.92 Å². The quantitative estimate of drug-likeness (QED) is 0.581. The predicted molar refractivity (Wildman–Crippen MR) is 124 cm³/mol. The second-order valence-electron chi connectivity index (χ2n) is 8.04. The SMILES string of the molecule is CCCn1nnc2cc(S(=O)(=O)N3CCCC[C@@H]3C(=O)Nc3cc(Cl)ccc3C)ccc21. The lowest BCUT2D eigenvalue weighted by Crippen LogP contribution is -2.49. The molecule has 4 rings (SSSR count). The van der Waals surface area contributed by atoms with E-state index >= 15 is 0 Å². The molecule has 0 bridgehead atoms. The van der Waals surface area contributed by atoms with Gasteiger partial charge in [-0.1, -0.05) is 36.2 Å². The van der Waals surface area contributed by atoms with Crippen molar-refractivity contribution in [3.05, 3.63) is 47.0 Å². The molecule has 1 amide bonds. The first-order chi connectivity index (χ1) is 15.3. The first-order valence-electron chi connectivity index (χ1n) is 10.7. The Kier molecular flexibility index (Phi) is 6.50. The minimum Gasteiger partial charge on any atom is -0.324 e. The average molecular weight is 476 g/mol. The number of carbonyl (C=O) groups is 1. The van der Waals surface area contributed by atoms with Crippen molar-refractivity contribution in [1.29, 1.82) is 0 Å². The molecule has 1 atom stereocenters. The molecule has 32 heavy (non-hydrogen) atoms. The zero-order valence-corrected chi connectivity index (χ0v) is 19.7. The molecule has 3 aromatic rings. The number of halogens is 1. The Morgan fingerprint density at radius 2 is 2.03 bits per heavy atom. The van der Waals surface area contributed by atoms with Crippen molar-refractivity contribution < 1.29 is 13.2 Å². The topological polar surface area (TPSA) is 97.2 Å². The maximum Gasteiger partial charge on any atom is 0.243 e. The first-order valence-corrected chi connectivity index (χ1v) is 12.5. The summed E-state index contributed by atoms with van der Waals surface area (Å²) in [5.74, 6) is -0.353. The standard InChI is InChI=1S/C22H26ClN5O3S/c1-3-11-27-20-10-9-17(14-19(20)25-26-27)32(30,31)28-12-5-4-6-21(28)22(29)24-18-13-16(23)8-7-15(18)2/h7-10,13-14,21H,3-6,11-12H2,1-2H3,(H,24,29)/t21-/m1/s1. The minimum absolute atomic E-state index is 0.118. The molecule has 0 radical (unpaired) electrons. The number of aryl methyl sites for hydroxylation is 2. The van der Waals surface area contributed by atoms with E-state index in [-0.39, 0.29) is 17.3 Å². The summed E-state index contributed by atoms with van der Waals surface area (Å²) in [5.41, 5.74) is 2.75. The van der Waals surface area contributed by atoms with Gasteiger partial charge in [0.2, 0.25) is 15.9 Å². The van der Waals surface area contributed by atoms with E-state index in [1.165, 1.54) is 10.4 Å². The number of amides is 1. The fourth-order valence-electron chi connectivity index (χ4n) is 4.02. The molecule has 1 fully saturated rings. The van der Waals surface area contributed by atoms with Gasteiger partial charge in [0, 0.05) is 23.8 Å². The van der Waals surface area contributed by atoms with Crippen LogP contribution < -0.4 is 5.32 Å². The molecule has 1 aliphatic heterocycles. The van der Waals surface area contributed by atoms with Gasteiger partial charge < -0.3 is 5.32 Å². The zero-order valence-electron chi connectivity index (χ0n) is 18.1. The summed E-state index contributed by atoms with van der Waals surface area (Å²) in [6.45, 7) is 4.90. The Bertz CT molecular complexity index is 1260. The summed E-state index contributed by atoms with van der Waals surface area (Å²) < 4.78 is 30.1. The van der Waals surface area contributed by atoms with Crippen LogP contribution in [0.3, 0.4) is 0 Å². The second kappa shape index (κ2) is 9.17. The van der Waals surface area contributed by atoms with Crippen molar-refractivity contribution in [3.8, 4) is 0 Å². The van der Waals surface area contributed by atoms with E-state index in [0.717, 1.165) is 23.9 Å². The normalized spacial score (nSPS) is 17.5. The van der Waals surface area contributed by atoms with Crippen molar-refractivity contribution >= 4 is 44.3 Å². The molecule has 1 aliphatic rings. The van der Waals surface area contributed by atoms with E-state index in [9.17, 15) is 13.2 Å². The number of hydrogen-bond acceptors (Lipinski definition) is 5. The number of benzene rings is 2. The number of fused-ring (bicyclic) bond motifs is 1. The van der Waals surface area contributed by atoms with Crippen LogP contribution in [0.4, 0.5) is 5.69 Å². The molecule has 2 aromatic carbocycles.